The number of thiazole rings is 1. The van der Waals surface area contributed by atoms with E-state index in [2.05, 4.69) is 33.6 Å². The van der Waals surface area contributed by atoms with Crippen LogP contribution in [-0.4, -0.2) is 24.5 Å². The van der Waals surface area contributed by atoms with Crippen molar-refractivity contribution in [2.24, 2.45) is 4.99 Å². The molecule has 2 N–H and O–H groups in total. The van der Waals surface area contributed by atoms with Crippen LogP contribution in [0.4, 0.5) is 0 Å². The van der Waals surface area contributed by atoms with Gasteiger partial charge in [0.2, 0.25) is 0 Å². The van der Waals surface area contributed by atoms with Crippen molar-refractivity contribution in [2.45, 2.75) is 26.8 Å². The maximum Gasteiger partial charge on any atom is 0.191 e. The van der Waals surface area contributed by atoms with Crippen LogP contribution in [-0.2, 0) is 13.0 Å². The molecule has 0 fully saturated rings. The molecule has 2 rings (SSSR count). The van der Waals surface area contributed by atoms with Crippen molar-refractivity contribution in [3.05, 3.63) is 36.9 Å². The molecule has 0 bridgehead atoms. The van der Waals surface area contributed by atoms with Gasteiger partial charge in [-0.25, -0.2) is 4.98 Å². The van der Waals surface area contributed by atoms with Gasteiger partial charge in [0.15, 0.2) is 5.96 Å². The third-order valence-electron chi connectivity index (χ3n) is 3.00. The number of hydrogen-bond donors (Lipinski definition) is 2. The Morgan fingerprint density at radius 3 is 2.59 bits per heavy atom. The topological polar surface area (TPSA) is 49.3 Å². The van der Waals surface area contributed by atoms with Gasteiger partial charge >= 0.3 is 0 Å². The molecule has 0 unspecified atom stereocenters. The van der Waals surface area contributed by atoms with Crippen molar-refractivity contribution in [3.63, 3.8) is 0 Å². The molecule has 0 amide bonds. The van der Waals surface area contributed by atoms with Crippen LogP contribution in [0.25, 0.3) is 0 Å². The van der Waals surface area contributed by atoms with E-state index in [9.17, 15) is 0 Å². The van der Waals surface area contributed by atoms with E-state index >= 15 is 0 Å². The van der Waals surface area contributed by atoms with Crippen molar-refractivity contribution in [3.8, 4) is 0 Å². The lowest BCUT2D eigenvalue weighted by atomic mass is 10.3. The predicted molar refractivity (Wildman–Crippen MR) is 108 cm³/mol. The summed E-state index contributed by atoms with van der Waals surface area (Å²) in [7, 11) is 1.77. The van der Waals surface area contributed by atoms with E-state index in [0.29, 0.717) is 6.54 Å². The van der Waals surface area contributed by atoms with Crippen LogP contribution >= 0.6 is 58.3 Å². The van der Waals surface area contributed by atoms with E-state index < -0.39 is 0 Å². The van der Waals surface area contributed by atoms with Gasteiger partial charge in [-0.15, -0.1) is 46.7 Å². The molecule has 2 aromatic heterocycles. The quantitative estimate of drug-likeness (QED) is 0.394. The van der Waals surface area contributed by atoms with Crippen LogP contribution in [0.15, 0.2) is 17.1 Å². The van der Waals surface area contributed by atoms with Gasteiger partial charge in [0.1, 0.15) is 5.01 Å². The number of hydrogen-bond acceptors (Lipinski definition) is 4. The molecule has 0 aliphatic carbocycles. The van der Waals surface area contributed by atoms with E-state index in [4.69, 9.17) is 11.6 Å². The monoisotopic (exact) mass is 470 g/mol. The third-order valence-corrected chi connectivity index (χ3v) is 5.36. The molecule has 0 aliphatic rings. The van der Waals surface area contributed by atoms with Gasteiger partial charge in [-0.3, -0.25) is 4.99 Å². The Labute approximate surface area is 161 Å². The Balaban J connectivity index is 0.00000242. The Kier molecular flexibility index (Phi) is 8.66. The zero-order valence-electron chi connectivity index (χ0n) is 12.8. The Hall–Kier alpha value is -0.380. The van der Waals surface area contributed by atoms with E-state index in [0.717, 1.165) is 34.0 Å². The summed E-state index contributed by atoms with van der Waals surface area (Å²) < 4.78 is 0.835. The highest BCUT2D eigenvalue weighted by molar-refractivity contribution is 14.0. The van der Waals surface area contributed by atoms with Crippen LogP contribution < -0.4 is 10.6 Å². The first-order valence-corrected chi connectivity index (χ1v) is 8.71. The van der Waals surface area contributed by atoms with Crippen LogP contribution in [0, 0.1) is 13.8 Å². The fraction of sp³-hybridized carbons (Fsp3) is 0.429. The molecule has 22 heavy (non-hydrogen) atoms. The minimum absolute atomic E-state index is 0. The van der Waals surface area contributed by atoms with Gasteiger partial charge in [0, 0.05) is 23.3 Å². The lowest BCUT2D eigenvalue weighted by Gasteiger charge is -2.10. The number of aliphatic imine (C=N–C) groups is 1. The Morgan fingerprint density at radius 2 is 2.05 bits per heavy atom. The second kappa shape index (κ2) is 9.69. The fourth-order valence-corrected chi connectivity index (χ4v) is 3.75. The highest BCUT2D eigenvalue weighted by Gasteiger charge is 2.05. The lowest BCUT2D eigenvalue weighted by molar-refractivity contribution is 0.795. The molecular formula is C14H20ClIN4S2. The molecule has 0 saturated carbocycles. The maximum atomic E-state index is 5.92. The van der Waals surface area contributed by atoms with Gasteiger partial charge in [-0.05, 0) is 32.4 Å². The highest BCUT2D eigenvalue weighted by Crippen LogP contribution is 2.21. The molecule has 2 heterocycles. The van der Waals surface area contributed by atoms with Gasteiger partial charge in [0.25, 0.3) is 0 Å². The number of rotatable bonds is 5. The van der Waals surface area contributed by atoms with Gasteiger partial charge < -0.3 is 10.6 Å². The zero-order valence-corrected chi connectivity index (χ0v) is 17.5. The van der Waals surface area contributed by atoms with E-state index in [1.54, 1.807) is 29.7 Å². The lowest BCUT2D eigenvalue weighted by Crippen LogP contribution is -2.37. The standard InChI is InChI=1S/C14H19ClN4S2.HI/c1-9-10(2)20-13(19-9)8-18-14(16-3)17-7-6-11-4-5-12(15)21-11;/h4-5H,6-8H2,1-3H3,(H2,16,17,18);1H. The Morgan fingerprint density at radius 1 is 1.27 bits per heavy atom. The normalized spacial score (nSPS) is 11.2. The van der Waals surface area contributed by atoms with Crippen LogP contribution in [0.2, 0.25) is 4.34 Å². The summed E-state index contributed by atoms with van der Waals surface area (Å²) in [6, 6.07) is 3.99. The Bertz CT molecular complexity index is 605. The number of guanidine groups is 1. The van der Waals surface area contributed by atoms with Gasteiger partial charge in [0.05, 0.1) is 16.6 Å². The summed E-state index contributed by atoms with van der Waals surface area (Å²) in [5.41, 5.74) is 1.11. The minimum Gasteiger partial charge on any atom is -0.356 e. The first-order chi connectivity index (χ1) is 10.1. The van der Waals surface area contributed by atoms with Gasteiger partial charge in [-0.1, -0.05) is 11.6 Å². The summed E-state index contributed by atoms with van der Waals surface area (Å²) in [5, 5.41) is 7.66. The van der Waals surface area contributed by atoms with E-state index in [-0.39, 0.29) is 24.0 Å². The molecule has 4 nitrogen and oxygen atoms in total. The van der Waals surface area contributed by atoms with Crippen LogP contribution in [0.5, 0.6) is 0 Å². The number of thiophene rings is 1. The maximum absolute atomic E-state index is 5.92. The molecular weight excluding hydrogens is 451 g/mol. The van der Waals surface area contributed by atoms with Gasteiger partial charge in [-0.2, -0.15) is 0 Å². The predicted octanol–water partition coefficient (Wildman–Crippen LogP) is 4.00. The van der Waals surface area contributed by atoms with Crippen molar-refractivity contribution in [2.75, 3.05) is 13.6 Å². The van der Waals surface area contributed by atoms with Crippen molar-refractivity contribution in [1.82, 2.24) is 15.6 Å². The molecule has 0 aromatic carbocycles. The molecule has 0 spiro atoms. The molecule has 8 heteroatoms. The number of halogens is 2. The summed E-state index contributed by atoms with van der Waals surface area (Å²) in [6.45, 7) is 5.65. The van der Waals surface area contributed by atoms with Crippen LogP contribution in [0.1, 0.15) is 20.5 Å². The summed E-state index contributed by atoms with van der Waals surface area (Å²) in [5.74, 6) is 0.795. The van der Waals surface area contributed by atoms with Crippen molar-refractivity contribution in [1.29, 1.82) is 0 Å². The number of aromatic nitrogens is 1. The second-order valence-corrected chi connectivity index (χ2v) is 7.64. The summed E-state index contributed by atoms with van der Waals surface area (Å²) in [6.07, 6.45) is 0.938. The highest BCUT2D eigenvalue weighted by atomic mass is 127. The van der Waals surface area contributed by atoms with E-state index in [1.165, 1.54) is 9.75 Å². The average Bonchev–Trinajstić information content (AvgIpc) is 3.00. The zero-order chi connectivity index (χ0) is 15.2. The van der Waals surface area contributed by atoms with E-state index in [1.807, 2.05) is 13.0 Å². The second-order valence-electron chi connectivity index (χ2n) is 4.56. The van der Waals surface area contributed by atoms with Crippen molar-refractivity contribution < 1.29 is 0 Å². The molecule has 2 aromatic rings. The largest absolute Gasteiger partial charge is 0.356 e. The SMILES string of the molecule is CN=C(NCCc1ccc(Cl)s1)NCc1nc(C)c(C)s1.I. The number of nitrogens with one attached hydrogen (secondary N) is 2. The number of aryl methyl sites for hydroxylation is 2. The number of nitrogens with zero attached hydrogens (tertiary/aromatic N) is 2. The first-order valence-electron chi connectivity index (χ1n) is 6.70. The summed E-state index contributed by atoms with van der Waals surface area (Å²) >= 11 is 9.26. The fourth-order valence-electron chi connectivity index (χ4n) is 1.78. The molecule has 0 radical (unpaired) electrons. The molecule has 0 atom stereocenters. The van der Waals surface area contributed by atoms with Crippen LogP contribution in [0.3, 0.4) is 0 Å². The third kappa shape index (κ3) is 6.02. The smallest absolute Gasteiger partial charge is 0.191 e. The molecule has 122 valence electrons. The first kappa shape index (κ1) is 19.7. The average molecular weight is 471 g/mol. The summed E-state index contributed by atoms with van der Waals surface area (Å²) in [4.78, 5) is 11.3. The minimum atomic E-state index is 0. The molecule has 0 aliphatic heterocycles. The molecule has 0 saturated heterocycles. The van der Waals surface area contributed by atoms with Crippen molar-refractivity contribution >= 4 is 64.2 Å².